The molecule has 1 atom stereocenters. The van der Waals surface area contributed by atoms with E-state index < -0.39 is 24.2 Å². The molecule has 0 aromatic heterocycles. The predicted octanol–water partition coefficient (Wildman–Crippen LogP) is -1.21. The molecule has 0 spiro atoms. The van der Waals surface area contributed by atoms with Gasteiger partial charge in [0.1, 0.15) is 12.0 Å². The van der Waals surface area contributed by atoms with Gasteiger partial charge in [-0.25, -0.2) is 0 Å². The molecule has 0 aliphatic rings. The molecular weight excluding hydrogens is 257 g/mol. The lowest BCUT2D eigenvalue weighted by molar-refractivity contribution is -0.870. The molecule has 0 aliphatic carbocycles. The second-order valence-electron chi connectivity index (χ2n) is 4.53. The first kappa shape index (κ1) is 19.0. The van der Waals surface area contributed by atoms with Gasteiger partial charge in [-0.15, -0.1) is 0 Å². The van der Waals surface area contributed by atoms with E-state index >= 15 is 0 Å². The summed E-state index contributed by atoms with van der Waals surface area (Å²) in [6.45, 7) is 0.785. The van der Waals surface area contributed by atoms with Crippen LogP contribution in [0.1, 0.15) is 6.42 Å². The molecule has 0 radical (unpaired) electrons. The molecule has 0 unspecified atom stereocenters. The Kier molecular flexibility index (Phi) is 7.56. The molecule has 0 saturated heterocycles. The van der Waals surface area contributed by atoms with E-state index in [0.29, 0.717) is 6.42 Å². The number of rotatable bonds is 4. The highest BCUT2D eigenvalue weighted by Crippen LogP contribution is 2.11. The van der Waals surface area contributed by atoms with Crippen molar-refractivity contribution in [2.75, 3.05) is 27.7 Å². The molecule has 0 saturated carbocycles. The van der Waals surface area contributed by atoms with Gasteiger partial charge in [-0.3, -0.25) is 4.79 Å². The molecule has 3 N–H and O–H groups in total. The molecule has 0 aliphatic heterocycles. The summed E-state index contributed by atoms with van der Waals surface area (Å²) < 4.78 is 32.3. The average Bonchev–Trinajstić information content (AvgIpc) is 2.12. The maximum absolute atomic E-state index is 10.5. The van der Waals surface area contributed by atoms with Gasteiger partial charge in [0.05, 0.1) is 27.7 Å². The Morgan fingerprint density at radius 2 is 1.67 bits per heavy atom. The summed E-state index contributed by atoms with van der Waals surface area (Å²) in [4.78, 5) is 19.1. The van der Waals surface area contributed by atoms with Gasteiger partial charge in [0.25, 0.3) is 0 Å². The van der Waals surface area contributed by atoms with Crippen molar-refractivity contribution in [3.05, 3.63) is 0 Å². The Balaban J connectivity index is 0. The average molecular weight is 274 g/mol. The van der Waals surface area contributed by atoms with E-state index in [4.69, 9.17) is 20.7 Å². The van der Waals surface area contributed by atoms with Gasteiger partial charge in [-0.1, -0.05) is 0 Å². The van der Waals surface area contributed by atoms with Crippen LogP contribution in [-0.2, 0) is 9.59 Å². The van der Waals surface area contributed by atoms with Crippen molar-refractivity contribution >= 4 is 11.9 Å². The minimum absolute atomic E-state index is 0.527. The molecule has 0 fully saturated rings. The van der Waals surface area contributed by atoms with E-state index in [1.807, 2.05) is 21.1 Å². The number of quaternary nitrogens is 1. The van der Waals surface area contributed by atoms with Crippen LogP contribution in [0.25, 0.3) is 0 Å². The Morgan fingerprint density at radius 1 is 1.33 bits per heavy atom. The van der Waals surface area contributed by atoms with Crippen LogP contribution in [0.4, 0.5) is 13.2 Å². The number of nitrogens with two attached hydrogens (primary N) is 1. The number of nitrogens with zero attached hydrogens (tertiary/aromatic N) is 1. The smallest absolute Gasteiger partial charge is 0.430 e. The maximum Gasteiger partial charge on any atom is 0.430 e. The largest absolute Gasteiger partial charge is 0.542 e. The van der Waals surface area contributed by atoms with Crippen LogP contribution in [-0.4, -0.2) is 61.4 Å². The van der Waals surface area contributed by atoms with Crippen LogP contribution < -0.4 is 10.8 Å². The van der Waals surface area contributed by atoms with Crippen molar-refractivity contribution in [2.24, 2.45) is 5.73 Å². The summed E-state index contributed by atoms with van der Waals surface area (Å²) in [5.41, 5.74) is 5.31. The summed E-state index contributed by atoms with van der Waals surface area (Å²) in [7, 11) is 6.03. The second kappa shape index (κ2) is 7.17. The van der Waals surface area contributed by atoms with Crippen molar-refractivity contribution in [1.29, 1.82) is 0 Å². The molecule has 108 valence electrons. The third kappa shape index (κ3) is 12.7. The number of alkyl halides is 3. The molecular formula is C9H17F3N2O4. The van der Waals surface area contributed by atoms with Crippen molar-refractivity contribution in [3.63, 3.8) is 0 Å². The number of hydrogen-bond acceptors (Lipinski definition) is 4. The summed E-state index contributed by atoms with van der Waals surface area (Å²) in [5, 5.41) is 17.2. The van der Waals surface area contributed by atoms with Crippen LogP contribution in [0, 0.1) is 0 Å². The molecule has 0 heterocycles. The highest BCUT2D eigenvalue weighted by atomic mass is 19.4. The predicted molar refractivity (Wildman–Crippen MR) is 54.2 cm³/mol. The SMILES string of the molecule is C[N+](C)(C)CC[C@@H](N)C(=O)O.O=C([O-])C(F)(F)F. The van der Waals surface area contributed by atoms with E-state index in [1.165, 1.54) is 0 Å². The van der Waals surface area contributed by atoms with Crippen LogP contribution in [0.2, 0.25) is 0 Å². The van der Waals surface area contributed by atoms with Crippen molar-refractivity contribution < 1.29 is 37.5 Å². The summed E-state index contributed by atoms with van der Waals surface area (Å²) in [6.07, 6.45) is -4.67. The Bertz CT molecular complexity index is 287. The lowest BCUT2D eigenvalue weighted by Crippen LogP contribution is -2.41. The van der Waals surface area contributed by atoms with Gasteiger partial charge < -0.3 is 25.2 Å². The number of hydrogen-bond donors (Lipinski definition) is 2. The molecule has 0 aromatic rings. The molecule has 9 heteroatoms. The minimum Gasteiger partial charge on any atom is -0.542 e. The second-order valence-corrected chi connectivity index (χ2v) is 4.53. The van der Waals surface area contributed by atoms with Gasteiger partial charge in [0, 0.05) is 6.42 Å². The number of aliphatic carboxylic acids is 2. The topological polar surface area (TPSA) is 103 Å². The van der Waals surface area contributed by atoms with Crippen LogP contribution in [0.3, 0.4) is 0 Å². The molecule has 0 rings (SSSR count). The zero-order valence-corrected chi connectivity index (χ0v) is 10.3. The van der Waals surface area contributed by atoms with Crippen molar-refractivity contribution in [2.45, 2.75) is 18.6 Å². The van der Waals surface area contributed by atoms with Gasteiger partial charge in [-0.05, 0) is 0 Å². The van der Waals surface area contributed by atoms with E-state index in [1.54, 1.807) is 0 Å². The van der Waals surface area contributed by atoms with Crippen LogP contribution in [0.5, 0.6) is 0 Å². The molecule has 18 heavy (non-hydrogen) atoms. The van der Waals surface area contributed by atoms with E-state index in [-0.39, 0.29) is 0 Å². The fraction of sp³-hybridized carbons (Fsp3) is 0.778. The van der Waals surface area contributed by atoms with Gasteiger partial charge in [0.15, 0.2) is 0 Å². The lowest BCUT2D eigenvalue weighted by atomic mass is 10.2. The quantitative estimate of drug-likeness (QED) is 0.626. The Hall–Kier alpha value is -1.35. The molecule has 0 amide bonds. The monoisotopic (exact) mass is 274 g/mol. The fourth-order valence-electron chi connectivity index (χ4n) is 0.650. The standard InChI is InChI=1S/C7H16N2O2.C2HF3O2/c1-9(2,3)5-4-6(8)7(10)11;3-2(4,5)1(6)7/h6H,4-5,8H2,1-3H3;(H,6,7)/t6-;/m1./s1. The minimum atomic E-state index is -5.19. The molecule has 0 bridgehead atoms. The third-order valence-corrected chi connectivity index (χ3v) is 1.66. The van der Waals surface area contributed by atoms with Crippen molar-refractivity contribution in [3.8, 4) is 0 Å². The summed E-state index contributed by atoms with van der Waals surface area (Å²) in [6, 6.07) is -0.715. The molecule has 0 aromatic carbocycles. The highest BCUT2D eigenvalue weighted by molar-refractivity contribution is 5.72. The van der Waals surface area contributed by atoms with Gasteiger partial charge in [0.2, 0.25) is 0 Å². The number of carbonyl (C=O) groups excluding carboxylic acids is 1. The van der Waals surface area contributed by atoms with Gasteiger partial charge in [-0.2, -0.15) is 13.2 Å². The number of carboxylic acids is 2. The molecule has 6 nitrogen and oxygen atoms in total. The zero-order chi connectivity index (χ0) is 15.1. The number of carboxylic acid groups (broad SMARTS) is 2. The van der Waals surface area contributed by atoms with Crippen molar-refractivity contribution in [1.82, 2.24) is 0 Å². The third-order valence-electron chi connectivity index (χ3n) is 1.66. The summed E-state index contributed by atoms with van der Waals surface area (Å²) >= 11 is 0. The Labute approximate surface area is 102 Å². The Morgan fingerprint density at radius 3 is 1.83 bits per heavy atom. The first-order valence-corrected chi connectivity index (χ1v) is 4.84. The number of carbonyl (C=O) groups is 2. The van der Waals surface area contributed by atoms with Crippen LogP contribution in [0.15, 0.2) is 0 Å². The van der Waals surface area contributed by atoms with Gasteiger partial charge >= 0.3 is 12.1 Å². The first-order chi connectivity index (χ1) is 7.77. The van der Waals surface area contributed by atoms with E-state index in [9.17, 15) is 18.0 Å². The van der Waals surface area contributed by atoms with Crippen LogP contribution >= 0.6 is 0 Å². The van der Waals surface area contributed by atoms with E-state index in [0.717, 1.165) is 11.0 Å². The zero-order valence-electron chi connectivity index (χ0n) is 10.3. The number of halogens is 3. The first-order valence-electron chi connectivity index (χ1n) is 4.84. The van der Waals surface area contributed by atoms with E-state index in [2.05, 4.69) is 0 Å². The fourth-order valence-corrected chi connectivity index (χ4v) is 0.650. The highest BCUT2D eigenvalue weighted by Gasteiger charge is 2.28. The normalized spacial score (nSPS) is 13.3. The lowest BCUT2D eigenvalue weighted by Gasteiger charge is -2.24. The summed E-state index contributed by atoms with van der Waals surface area (Å²) in [5.74, 6) is -3.93. The maximum atomic E-state index is 10.5.